The first kappa shape index (κ1) is 29.9. The maximum Gasteiger partial charge on any atom is 0.410 e. The van der Waals surface area contributed by atoms with E-state index in [-0.39, 0.29) is 29.6 Å². The Morgan fingerprint density at radius 1 is 1.03 bits per heavy atom. The van der Waals surface area contributed by atoms with E-state index in [9.17, 15) is 22.8 Å². The van der Waals surface area contributed by atoms with Gasteiger partial charge in [0.25, 0.3) is 5.91 Å². The first-order valence-corrected chi connectivity index (χ1v) is 12.7. The van der Waals surface area contributed by atoms with E-state index in [0.29, 0.717) is 17.1 Å². The van der Waals surface area contributed by atoms with Crippen molar-refractivity contribution >= 4 is 17.8 Å². The maximum atomic E-state index is 13.5. The minimum absolute atomic E-state index is 0.0761. The second-order valence-electron chi connectivity index (χ2n) is 10.4. The molecule has 3 N–H and O–H groups in total. The number of nitrogens with one attached hydrogen (secondary N) is 1. The molecule has 1 saturated heterocycles. The number of halogens is 3. The number of anilines is 1. The van der Waals surface area contributed by atoms with Crippen LogP contribution in [0.25, 0.3) is 0 Å². The van der Waals surface area contributed by atoms with Crippen molar-refractivity contribution in [3.05, 3.63) is 35.5 Å². The van der Waals surface area contributed by atoms with Gasteiger partial charge in [0.1, 0.15) is 11.4 Å². The second kappa shape index (κ2) is 12.0. The van der Waals surface area contributed by atoms with Gasteiger partial charge in [0.15, 0.2) is 23.2 Å². The average Bonchev–Trinajstić information content (AvgIpc) is 3.31. The molecule has 4 rings (SSSR count). The molecule has 0 bridgehead atoms. The van der Waals surface area contributed by atoms with Gasteiger partial charge in [-0.1, -0.05) is 6.07 Å². The van der Waals surface area contributed by atoms with Crippen LogP contribution < -0.4 is 20.5 Å². The molecule has 0 radical (unpaired) electrons. The summed E-state index contributed by atoms with van der Waals surface area (Å²) in [6.45, 7) is 7.41. The van der Waals surface area contributed by atoms with Gasteiger partial charge in [-0.3, -0.25) is 4.79 Å². The molecule has 0 unspecified atom stereocenters. The van der Waals surface area contributed by atoms with Crippen LogP contribution >= 0.6 is 0 Å². The van der Waals surface area contributed by atoms with Crippen molar-refractivity contribution in [1.82, 2.24) is 14.7 Å². The summed E-state index contributed by atoms with van der Waals surface area (Å²) in [5.41, 5.74) is 5.14. The summed E-state index contributed by atoms with van der Waals surface area (Å²) >= 11 is 0. The molecule has 13 heteroatoms. The van der Waals surface area contributed by atoms with E-state index < -0.39 is 24.2 Å². The lowest BCUT2D eigenvalue weighted by atomic mass is 9.96. The lowest BCUT2D eigenvalue weighted by Gasteiger charge is -2.33. The number of fused-ring (bicyclic) bond motifs is 1. The van der Waals surface area contributed by atoms with Crippen molar-refractivity contribution in [2.75, 3.05) is 32.6 Å². The highest BCUT2D eigenvalue weighted by Crippen LogP contribution is 2.44. The zero-order chi connectivity index (χ0) is 29.0. The van der Waals surface area contributed by atoms with Gasteiger partial charge < -0.3 is 30.2 Å². The van der Waals surface area contributed by atoms with Crippen molar-refractivity contribution in [3.63, 3.8) is 0 Å². The van der Waals surface area contributed by atoms with Crippen LogP contribution in [0, 0.1) is 0 Å². The predicted octanol–water partition coefficient (Wildman–Crippen LogP) is 5.07. The van der Waals surface area contributed by atoms with Crippen LogP contribution in [-0.4, -0.2) is 65.8 Å². The van der Waals surface area contributed by atoms with E-state index in [4.69, 9.17) is 19.9 Å². The van der Waals surface area contributed by atoms with Crippen molar-refractivity contribution in [2.24, 2.45) is 5.73 Å². The number of piperidine rings is 1. The Bertz CT molecular complexity index is 1160. The highest BCUT2D eigenvalue weighted by molar-refractivity contribution is 5.91. The Hall–Kier alpha value is -3.64. The van der Waals surface area contributed by atoms with Crippen LogP contribution in [0.15, 0.2) is 24.3 Å². The summed E-state index contributed by atoms with van der Waals surface area (Å²) in [4.78, 5) is 24.6. The average molecular weight is 556 g/mol. The van der Waals surface area contributed by atoms with Gasteiger partial charge in [0.05, 0.1) is 20.3 Å². The van der Waals surface area contributed by atoms with E-state index >= 15 is 0 Å². The molecular formula is C26H36F3N5O5. The van der Waals surface area contributed by atoms with Crippen molar-refractivity contribution < 1.29 is 37.0 Å². The number of rotatable bonds is 4. The number of carbonyl (C=O) groups is 2. The molecule has 0 spiro atoms. The number of methoxy groups -OCH3 is 2. The topological polar surface area (TPSA) is 121 Å². The number of nitrogens with two attached hydrogens (primary N) is 1. The molecule has 216 valence electrons. The van der Waals surface area contributed by atoms with Gasteiger partial charge in [-0.25, -0.2) is 9.48 Å². The van der Waals surface area contributed by atoms with Gasteiger partial charge in [0.2, 0.25) is 0 Å². The number of benzene rings is 1. The van der Waals surface area contributed by atoms with Gasteiger partial charge in [-0.2, -0.15) is 18.3 Å². The fourth-order valence-electron chi connectivity index (χ4n) is 4.39. The third kappa shape index (κ3) is 7.70. The third-order valence-electron chi connectivity index (χ3n) is 6.26. The maximum absolute atomic E-state index is 13.5. The molecule has 2 aromatic rings. The van der Waals surface area contributed by atoms with Crippen molar-refractivity contribution in [3.8, 4) is 11.5 Å². The molecular weight excluding hydrogens is 519 g/mol. The lowest BCUT2D eigenvalue weighted by Crippen LogP contribution is -2.39. The van der Waals surface area contributed by atoms with E-state index in [1.807, 2.05) is 20.8 Å². The summed E-state index contributed by atoms with van der Waals surface area (Å²) in [7, 11) is 2.92. The molecule has 2 aliphatic rings. The van der Waals surface area contributed by atoms with Gasteiger partial charge >= 0.3 is 12.3 Å². The summed E-state index contributed by atoms with van der Waals surface area (Å²) in [5, 5.41) is 6.68. The molecule has 2 aliphatic heterocycles. The van der Waals surface area contributed by atoms with Gasteiger partial charge in [-0.05, 0) is 57.7 Å². The molecule has 0 aliphatic carbocycles. The van der Waals surface area contributed by atoms with Crippen LogP contribution in [0.1, 0.15) is 74.6 Å². The summed E-state index contributed by atoms with van der Waals surface area (Å²) in [5.74, 6) is 0.0669. The fraction of sp³-hybridized carbons (Fsp3) is 0.577. The Morgan fingerprint density at radius 2 is 1.67 bits per heavy atom. The number of primary amides is 1. The number of likely N-dealkylation sites (tertiary alicyclic amines) is 1. The first-order chi connectivity index (χ1) is 18.2. The Kier molecular flexibility index (Phi) is 9.23. The Morgan fingerprint density at radius 3 is 2.21 bits per heavy atom. The van der Waals surface area contributed by atoms with Crippen molar-refractivity contribution in [1.29, 1.82) is 0 Å². The number of ether oxygens (including phenoxy) is 3. The number of hydrogen-bond acceptors (Lipinski definition) is 7. The van der Waals surface area contributed by atoms with Crippen LogP contribution in [0.3, 0.4) is 0 Å². The highest BCUT2D eigenvalue weighted by atomic mass is 19.4. The molecule has 1 fully saturated rings. The van der Waals surface area contributed by atoms with Crippen molar-refractivity contribution in [2.45, 2.75) is 70.3 Å². The number of alkyl halides is 3. The molecule has 2 amide bonds. The SMILES string of the molecule is CC(C)(C)OC(=O)N1CCCCC1.COc1ccc([C@@H]2C[C@@H](C(F)(F)F)n3nc(C(N)=O)cc3N2)cc1OC. The van der Waals surface area contributed by atoms with E-state index in [1.54, 1.807) is 23.1 Å². The van der Waals surface area contributed by atoms with Gasteiger partial charge in [-0.15, -0.1) is 0 Å². The van der Waals surface area contributed by atoms with Crippen LogP contribution in [-0.2, 0) is 4.74 Å². The molecule has 1 aromatic heterocycles. The monoisotopic (exact) mass is 555 g/mol. The number of aromatic nitrogens is 2. The van der Waals surface area contributed by atoms with Crippen LogP contribution in [0.4, 0.5) is 23.8 Å². The van der Waals surface area contributed by atoms with Gasteiger partial charge in [0, 0.05) is 25.6 Å². The molecule has 1 aromatic carbocycles. The molecule has 10 nitrogen and oxygen atoms in total. The summed E-state index contributed by atoms with van der Waals surface area (Å²) in [6, 6.07) is 3.57. The largest absolute Gasteiger partial charge is 0.493 e. The highest BCUT2D eigenvalue weighted by Gasteiger charge is 2.46. The second-order valence-corrected chi connectivity index (χ2v) is 10.4. The lowest BCUT2D eigenvalue weighted by molar-refractivity contribution is -0.173. The molecule has 0 saturated carbocycles. The molecule has 2 atom stereocenters. The minimum Gasteiger partial charge on any atom is -0.493 e. The third-order valence-corrected chi connectivity index (χ3v) is 6.26. The van der Waals surface area contributed by atoms with Crippen LogP contribution in [0.2, 0.25) is 0 Å². The van der Waals surface area contributed by atoms with E-state index in [1.165, 1.54) is 26.7 Å². The zero-order valence-electron chi connectivity index (χ0n) is 22.8. The number of carbonyl (C=O) groups excluding carboxylic acids is 2. The Labute approximate surface area is 225 Å². The van der Waals surface area contributed by atoms with E-state index in [0.717, 1.165) is 30.6 Å². The molecule has 39 heavy (non-hydrogen) atoms. The first-order valence-electron chi connectivity index (χ1n) is 12.7. The number of hydrogen-bond donors (Lipinski definition) is 2. The summed E-state index contributed by atoms with van der Waals surface area (Å²) in [6.07, 6.45) is -1.54. The van der Waals surface area contributed by atoms with E-state index in [2.05, 4.69) is 10.4 Å². The number of amides is 2. The molecule has 3 heterocycles. The smallest absolute Gasteiger partial charge is 0.410 e. The normalized spacial score (nSPS) is 19.1. The quantitative estimate of drug-likeness (QED) is 0.541. The fourth-order valence-corrected chi connectivity index (χ4v) is 4.39. The summed E-state index contributed by atoms with van der Waals surface area (Å²) < 4.78 is 57.0. The number of nitrogens with zero attached hydrogens (tertiary/aromatic N) is 3. The van der Waals surface area contributed by atoms with Crippen LogP contribution in [0.5, 0.6) is 11.5 Å². The minimum atomic E-state index is -4.54. The zero-order valence-corrected chi connectivity index (χ0v) is 22.8. The Balaban J connectivity index is 0.000000272. The standard InChI is InChI=1S/C16H17F3N4O3.C10H19NO2/c1-25-11-4-3-8(5-12(11)26-2)9-6-13(16(17,18)19)23-14(21-9)7-10(22-23)15(20)24;1-10(2,3)13-9(12)11-7-5-4-6-8-11/h3-5,7,9,13,21H,6H2,1-2H3,(H2,20,24);4-8H2,1-3H3/t9-,13-;/m0./s1. The predicted molar refractivity (Wildman–Crippen MR) is 138 cm³/mol.